The average molecular weight is 231 g/mol. The van der Waals surface area contributed by atoms with Crippen LogP contribution in [0.5, 0.6) is 0 Å². The lowest BCUT2D eigenvalue weighted by molar-refractivity contribution is -0.122. The predicted molar refractivity (Wildman–Crippen MR) is 64.2 cm³/mol. The van der Waals surface area contributed by atoms with E-state index in [4.69, 9.17) is 4.74 Å². The summed E-state index contributed by atoms with van der Waals surface area (Å²) in [5.74, 6) is 0.533. The average Bonchev–Trinajstić information content (AvgIpc) is 2.21. The molecule has 0 aliphatic rings. The molecule has 1 unspecified atom stereocenters. The maximum Gasteiger partial charge on any atom is 0.220 e. The largest absolute Gasteiger partial charge is 0.388 e. The lowest BCUT2D eigenvalue weighted by Crippen LogP contribution is -2.41. The van der Waals surface area contributed by atoms with Gasteiger partial charge in [0.2, 0.25) is 5.91 Å². The van der Waals surface area contributed by atoms with Gasteiger partial charge in [-0.15, -0.1) is 0 Å². The first-order valence-corrected chi connectivity index (χ1v) is 5.85. The molecule has 0 radical (unpaired) electrons. The van der Waals surface area contributed by atoms with Crippen LogP contribution < -0.4 is 5.32 Å². The Morgan fingerprint density at radius 2 is 2.12 bits per heavy atom. The van der Waals surface area contributed by atoms with E-state index in [1.807, 2.05) is 0 Å². The van der Waals surface area contributed by atoms with Gasteiger partial charge in [-0.2, -0.15) is 0 Å². The lowest BCUT2D eigenvalue weighted by Gasteiger charge is -2.23. The molecule has 0 bridgehead atoms. The van der Waals surface area contributed by atoms with Crippen molar-refractivity contribution in [1.29, 1.82) is 0 Å². The molecule has 0 spiro atoms. The van der Waals surface area contributed by atoms with E-state index in [1.165, 1.54) is 0 Å². The molecule has 1 atom stereocenters. The number of rotatable bonds is 8. The van der Waals surface area contributed by atoms with Crippen molar-refractivity contribution in [2.75, 3.05) is 20.3 Å². The van der Waals surface area contributed by atoms with E-state index in [2.05, 4.69) is 19.2 Å². The van der Waals surface area contributed by atoms with Crippen LogP contribution in [-0.2, 0) is 9.53 Å². The summed E-state index contributed by atoms with van der Waals surface area (Å²) in [4.78, 5) is 11.4. The van der Waals surface area contributed by atoms with Crippen LogP contribution in [0.4, 0.5) is 0 Å². The third-order valence-corrected chi connectivity index (χ3v) is 2.46. The quantitative estimate of drug-likeness (QED) is 0.662. The Labute approximate surface area is 98.4 Å². The summed E-state index contributed by atoms with van der Waals surface area (Å²) in [5, 5.41) is 12.6. The van der Waals surface area contributed by atoms with Gasteiger partial charge in [0.25, 0.3) is 0 Å². The summed E-state index contributed by atoms with van der Waals surface area (Å²) in [6.07, 6.45) is 1.93. The molecule has 16 heavy (non-hydrogen) atoms. The third-order valence-electron chi connectivity index (χ3n) is 2.46. The highest BCUT2D eigenvalue weighted by Gasteiger charge is 2.20. The van der Waals surface area contributed by atoms with Crippen molar-refractivity contribution >= 4 is 5.91 Å². The smallest absolute Gasteiger partial charge is 0.220 e. The molecule has 0 aromatic rings. The summed E-state index contributed by atoms with van der Waals surface area (Å²) in [6, 6.07) is 0. The zero-order chi connectivity index (χ0) is 12.6. The van der Waals surface area contributed by atoms with Crippen molar-refractivity contribution in [1.82, 2.24) is 5.32 Å². The van der Waals surface area contributed by atoms with Crippen molar-refractivity contribution in [2.24, 2.45) is 5.92 Å². The first-order chi connectivity index (χ1) is 7.37. The van der Waals surface area contributed by atoms with E-state index in [0.29, 0.717) is 25.4 Å². The fourth-order valence-corrected chi connectivity index (χ4v) is 1.21. The zero-order valence-corrected chi connectivity index (χ0v) is 10.9. The Morgan fingerprint density at radius 3 is 2.62 bits per heavy atom. The van der Waals surface area contributed by atoms with Crippen LogP contribution in [0.1, 0.15) is 40.0 Å². The molecular weight excluding hydrogens is 206 g/mol. The summed E-state index contributed by atoms with van der Waals surface area (Å²) in [6.45, 7) is 6.65. The third kappa shape index (κ3) is 8.68. The number of amides is 1. The molecular formula is C12H25NO3. The van der Waals surface area contributed by atoms with Gasteiger partial charge in [0.15, 0.2) is 0 Å². The molecule has 0 heterocycles. The van der Waals surface area contributed by atoms with Gasteiger partial charge in [-0.05, 0) is 19.3 Å². The molecule has 0 aliphatic heterocycles. The Morgan fingerprint density at radius 1 is 1.50 bits per heavy atom. The number of carbonyl (C=O) groups excluding carboxylic acids is 1. The number of ether oxygens (including phenoxy) is 1. The molecule has 0 aliphatic carbocycles. The van der Waals surface area contributed by atoms with Gasteiger partial charge in [-0.1, -0.05) is 13.8 Å². The Balaban J connectivity index is 3.72. The van der Waals surface area contributed by atoms with E-state index in [-0.39, 0.29) is 12.5 Å². The summed E-state index contributed by atoms with van der Waals surface area (Å²) in [7, 11) is 1.59. The second-order valence-corrected chi connectivity index (χ2v) is 4.95. The summed E-state index contributed by atoms with van der Waals surface area (Å²) >= 11 is 0. The lowest BCUT2D eigenvalue weighted by atomic mass is 10.0. The maximum absolute atomic E-state index is 11.4. The van der Waals surface area contributed by atoms with E-state index in [0.717, 1.165) is 6.42 Å². The number of carbonyl (C=O) groups is 1. The second kappa shape index (κ2) is 7.63. The zero-order valence-electron chi connectivity index (χ0n) is 10.9. The van der Waals surface area contributed by atoms with Crippen molar-refractivity contribution in [3.8, 4) is 0 Å². The number of methoxy groups -OCH3 is 1. The Bertz CT molecular complexity index is 202. The van der Waals surface area contributed by atoms with Crippen LogP contribution >= 0.6 is 0 Å². The van der Waals surface area contributed by atoms with Gasteiger partial charge < -0.3 is 15.2 Å². The van der Waals surface area contributed by atoms with Crippen molar-refractivity contribution in [2.45, 2.75) is 45.6 Å². The molecule has 96 valence electrons. The van der Waals surface area contributed by atoms with Crippen molar-refractivity contribution < 1.29 is 14.6 Å². The minimum atomic E-state index is -0.885. The number of nitrogens with one attached hydrogen (secondary N) is 1. The van der Waals surface area contributed by atoms with Gasteiger partial charge >= 0.3 is 0 Å². The number of aliphatic hydroxyl groups is 1. The van der Waals surface area contributed by atoms with E-state index >= 15 is 0 Å². The molecule has 1 amide bonds. The van der Waals surface area contributed by atoms with Gasteiger partial charge in [0, 0.05) is 33.1 Å². The van der Waals surface area contributed by atoms with Gasteiger partial charge in [-0.3, -0.25) is 4.79 Å². The molecule has 0 fully saturated rings. The molecule has 0 saturated heterocycles. The highest BCUT2D eigenvalue weighted by Crippen LogP contribution is 2.08. The van der Waals surface area contributed by atoms with Crippen molar-refractivity contribution in [3.05, 3.63) is 0 Å². The first kappa shape index (κ1) is 15.4. The fourth-order valence-electron chi connectivity index (χ4n) is 1.21. The van der Waals surface area contributed by atoms with Crippen LogP contribution in [-0.4, -0.2) is 36.9 Å². The number of hydrogen-bond donors (Lipinski definition) is 2. The predicted octanol–water partition coefficient (Wildman–Crippen LogP) is 1.33. The molecule has 4 heteroatoms. The molecule has 2 N–H and O–H groups in total. The highest BCUT2D eigenvalue weighted by molar-refractivity contribution is 5.75. The normalized spacial score (nSPS) is 14.9. The Hall–Kier alpha value is -0.610. The molecule has 4 nitrogen and oxygen atoms in total. The van der Waals surface area contributed by atoms with Crippen LogP contribution in [0.15, 0.2) is 0 Å². The van der Waals surface area contributed by atoms with E-state index < -0.39 is 5.60 Å². The van der Waals surface area contributed by atoms with Gasteiger partial charge in [0.05, 0.1) is 5.60 Å². The van der Waals surface area contributed by atoms with Crippen LogP contribution in [0, 0.1) is 5.92 Å². The van der Waals surface area contributed by atoms with Crippen LogP contribution in [0.25, 0.3) is 0 Å². The van der Waals surface area contributed by atoms with Gasteiger partial charge in [-0.25, -0.2) is 0 Å². The SMILES string of the molecule is COCCC(C)(O)CNC(=O)CCC(C)C. The Kier molecular flexibility index (Phi) is 7.34. The van der Waals surface area contributed by atoms with Gasteiger partial charge in [0.1, 0.15) is 0 Å². The first-order valence-electron chi connectivity index (χ1n) is 5.85. The summed E-state index contributed by atoms with van der Waals surface area (Å²) < 4.78 is 4.89. The topological polar surface area (TPSA) is 58.6 Å². The molecule has 0 rings (SSSR count). The number of hydrogen-bond acceptors (Lipinski definition) is 3. The monoisotopic (exact) mass is 231 g/mol. The van der Waals surface area contributed by atoms with E-state index in [1.54, 1.807) is 14.0 Å². The molecule has 0 aromatic carbocycles. The maximum atomic E-state index is 11.4. The molecule has 0 aromatic heterocycles. The second-order valence-electron chi connectivity index (χ2n) is 4.95. The fraction of sp³-hybridized carbons (Fsp3) is 0.917. The summed E-state index contributed by atoms with van der Waals surface area (Å²) in [5.41, 5.74) is -0.885. The minimum Gasteiger partial charge on any atom is -0.388 e. The molecule has 0 saturated carbocycles. The van der Waals surface area contributed by atoms with E-state index in [9.17, 15) is 9.90 Å². The van der Waals surface area contributed by atoms with Crippen LogP contribution in [0.2, 0.25) is 0 Å². The van der Waals surface area contributed by atoms with Crippen molar-refractivity contribution in [3.63, 3.8) is 0 Å². The highest BCUT2D eigenvalue weighted by atomic mass is 16.5. The van der Waals surface area contributed by atoms with Crippen LogP contribution in [0.3, 0.4) is 0 Å². The minimum absolute atomic E-state index is 0.00592. The standard InChI is InChI=1S/C12H25NO3/c1-10(2)5-6-11(14)13-9-12(3,15)7-8-16-4/h10,15H,5-9H2,1-4H3,(H,13,14).